The van der Waals surface area contributed by atoms with Gasteiger partial charge in [-0.1, -0.05) is 33.1 Å². The fourth-order valence-electron chi connectivity index (χ4n) is 3.38. The Morgan fingerprint density at radius 2 is 1.78 bits per heavy atom. The first-order valence-corrected chi connectivity index (χ1v) is 10.5. The lowest BCUT2D eigenvalue weighted by Crippen LogP contribution is -2.55. The SMILES string of the molecule is CCN(CC)S(=O)(=O)c1ccc(F)c(C(=O)NC2(C(=O)O)CCCCC2)c1. The van der Waals surface area contributed by atoms with E-state index in [4.69, 9.17) is 0 Å². The second kappa shape index (κ2) is 8.35. The third-order valence-corrected chi connectivity index (χ3v) is 7.04. The number of benzene rings is 1. The molecule has 2 N–H and O–H groups in total. The number of aliphatic carboxylic acids is 1. The number of carboxylic acid groups (broad SMARTS) is 1. The number of carbonyl (C=O) groups excluding carboxylic acids is 1. The van der Waals surface area contributed by atoms with E-state index in [1.807, 2.05) is 0 Å². The topological polar surface area (TPSA) is 104 Å². The molecule has 27 heavy (non-hydrogen) atoms. The quantitative estimate of drug-likeness (QED) is 0.731. The van der Waals surface area contributed by atoms with Crippen LogP contribution >= 0.6 is 0 Å². The zero-order valence-electron chi connectivity index (χ0n) is 15.5. The van der Waals surface area contributed by atoms with E-state index < -0.39 is 38.8 Å². The maximum absolute atomic E-state index is 14.2. The maximum Gasteiger partial charge on any atom is 0.329 e. The molecule has 0 unspecified atom stereocenters. The highest BCUT2D eigenvalue weighted by Crippen LogP contribution is 2.29. The van der Waals surface area contributed by atoms with Gasteiger partial charge in [-0.05, 0) is 31.0 Å². The number of rotatable bonds is 7. The maximum atomic E-state index is 14.2. The lowest BCUT2D eigenvalue weighted by Gasteiger charge is -2.34. The number of nitrogens with zero attached hydrogens (tertiary/aromatic N) is 1. The predicted molar refractivity (Wildman–Crippen MR) is 97.4 cm³/mol. The molecule has 1 aromatic carbocycles. The molecule has 0 atom stereocenters. The third kappa shape index (κ3) is 4.30. The van der Waals surface area contributed by atoms with Crippen molar-refractivity contribution in [2.75, 3.05) is 13.1 Å². The summed E-state index contributed by atoms with van der Waals surface area (Å²) in [4.78, 5) is 24.1. The first kappa shape index (κ1) is 21.3. The molecule has 1 amide bonds. The minimum atomic E-state index is -3.87. The van der Waals surface area contributed by atoms with E-state index >= 15 is 0 Å². The van der Waals surface area contributed by atoms with Crippen LogP contribution in [0.2, 0.25) is 0 Å². The molecule has 0 bridgehead atoms. The van der Waals surface area contributed by atoms with Crippen LogP contribution in [0.25, 0.3) is 0 Å². The lowest BCUT2D eigenvalue weighted by atomic mass is 9.81. The number of hydrogen-bond acceptors (Lipinski definition) is 4. The van der Waals surface area contributed by atoms with E-state index in [9.17, 15) is 27.5 Å². The number of nitrogens with one attached hydrogen (secondary N) is 1. The number of amides is 1. The van der Waals surface area contributed by atoms with Crippen molar-refractivity contribution in [1.29, 1.82) is 0 Å². The van der Waals surface area contributed by atoms with Crippen molar-refractivity contribution in [1.82, 2.24) is 9.62 Å². The minimum absolute atomic E-state index is 0.203. The summed E-state index contributed by atoms with van der Waals surface area (Å²) in [6.45, 7) is 3.83. The van der Waals surface area contributed by atoms with E-state index in [0.29, 0.717) is 12.8 Å². The zero-order chi connectivity index (χ0) is 20.2. The Morgan fingerprint density at radius 1 is 1.19 bits per heavy atom. The zero-order valence-corrected chi connectivity index (χ0v) is 16.3. The first-order chi connectivity index (χ1) is 12.7. The van der Waals surface area contributed by atoms with Crippen LogP contribution in [0.1, 0.15) is 56.3 Å². The summed E-state index contributed by atoms with van der Waals surface area (Å²) in [7, 11) is -3.87. The van der Waals surface area contributed by atoms with Crippen LogP contribution in [0.5, 0.6) is 0 Å². The highest BCUT2D eigenvalue weighted by atomic mass is 32.2. The first-order valence-electron chi connectivity index (χ1n) is 9.03. The predicted octanol–water partition coefficient (Wildman–Crippen LogP) is 2.37. The standard InChI is InChI=1S/C18H25FN2O5S/c1-3-21(4-2)27(25,26)13-8-9-15(19)14(12-13)16(22)20-18(17(23)24)10-6-5-7-11-18/h8-9,12H,3-7,10-11H2,1-2H3,(H,20,22)(H,23,24). The largest absolute Gasteiger partial charge is 0.480 e. The Morgan fingerprint density at radius 3 is 2.30 bits per heavy atom. The Labute approximate surface area is 158 Å². The van der Waals surface area contributed by atoms with Crippen molar-refractivity contribution in [3.05, 3.63) is 29.6 Å². The molecule has 7 nitrogen and oxygen atoms in total. The smallest absolute Gasteiger partial charge is 0.329 e. The molecule has 1 saturated carbocycles. The van der Waals surface area contributed by atoms with Gasteiger partial charge in [0.2, 0.25) is 10.0 Å². The van der Waals surface area contributed by atoms with Gasteiger partial charge in [-0.2, -0.15) is 4.31 Å². The van der Waals surface area contributed by atoms with Crippen LogP contribution in [0.4, 0.5) is 4.39 Å². The van der Waals surface area contributed by atoms with Crippen LogP contribution in [-0.4, -0.2) is 48.3 Å². The second-order valence-corrected chi connectivity index (χ2v) is 8.57. The van der Waals surface area contributed by atoms with Crippen molar-refractivity contribution in [3.8, 4) is 0 Å². The highest BCUT2D eigenvalue weighted by molar-refractivity contribution is 7.89. The molecular formula is C18H25FN2O5S. The summed E-state index contributed by atoms with van der Waals surface area (Å²) in [5.41, 5.74) is -1.93. The van der Waals surface area contributed by atoms with Gasteiger partial charge in [-0.15, -0.1) is 0 Å². The molecule has 0 radical (unpaired) electrons. The van der Waals surface area contributed by atoms with Gasteiger partial charge in [-0.25, -0.2) is 17.6 Å². The molecule has 0 heterocycles. The van der Waals surface area contributed by atoms with Gasteiger partial charge >= 0.3 is 5.97 Å². The molecule has 9 heteroatoms. The van der Waals surface area contributed by atoms with Gasteiger partial charge in [0.1, 0.15) is 11.4 Å². The molecule has 1 fully saturated rings. The average Bonchev–Trinajstić information content (AvgIpc) is 2.63. The van der Waals surface area contributed by atoms with Crippen molar-refractivity contribution in [2.45, 2.75) is 56.4 Å². The molecule has 150 valence electrons. The number of carboxylic acids is 1. The summed E-state index contributed by atoms with van der Waals surface area (Å²) in [6, 6.07) is 2.99. The average molecular weight is 400 g/mol. The van der Waals surface area contributed by atoms with Gasteiger partial charge in [0.05, 0.1) is 10.5 Å². The van der Waals surface area contributed by atoms with Gasteiger partial charge in [0.25, 0.3) is 5.91 Å². The molecule has 0 aliphatic heterocycles. The van der Waals surface area contributed by atoms with Crippen LogP contribution in [0, 0.1) is 5.82 Å². The van der Waals surface area contributed by atoms with E-state index in [-0.39, 0.29) is 30.8 Å². The fourth-order valence-corrected chi connectivity index (χ4v) is 4.87. The number of hydrogen-bond donors (Lipinski definition) is 2. The van der Waals surface area contributed by atoms with Crippen molar-refractivity contribution >= 4 is 21.9 Å². The van der Waals surface area contributed by atoms with Crippen LogP contribution in [0.15, 0.2) is 23.1 Å². The summed E-state index contributed by atoms with van der Waals surface area (Å²) in [5.74, 6) is -2.99. The number of halogens is 1. The molecule has 1 aliphatic carbocycles. The van der Waals surface area contributed by atoms with E-state index in [0.717, 1.165) is 24.6 Å². The molecular weight excluding hydrogens is 375 g/mol. The number of sulfonamides is 1. The monoisotopic (exact) mass is 400 g/mol. The van der Waals surface area contributed by atoms with Crippen molar-refractivity contribution < 1.29 is 27.5 Å². The van der Waals surface area contributed by atoms with Gasteiger partial charge in [0, 0.05) is 13.1 Å². The Hall–Kier alpha value is -2.00. The van der Waals surface area contributed by atoms with Gasteiger partial charge in [-0.3, -0.25) is 4.79 Å². The Kier molecular flexibility index (Phi) is 6.59. The summed E-state index contributed by atoms with van der Waals surface area (Å²) >= 11 is 0. The van der Waals surface area contributed by atoms with E-state index in [1.54, 1.807) is 13.8 Å². The third-order valence-electron chi connectivity index (χ3n) is 4.99. The fraction of sp³-hybridized carbons (Fsp3) is 0.556. The molecule has 2 rings (SSSR count). The molecule has 1 aromatic rings. The Balaban J connectivity index is 2.38. The van der Waals surface area contributed by atoms with Gasteiger partial charge < -0.3 is 10.4 Å². The molecule has 0 spiro atoms. The second-order valence-electron chi connectivity index (χ2n) is 6.63. The van der Waals surface area contributed by atoms with Crippen molar-refractivity contribution in [2.24, 2.45) is 0 Å². The lowest BCUT2D eigenvalue weighted by molar-refractivity contribution is -0.145. The van der Waals surface area contributed by atoms with Crippen LogP contribution < -0.4 is 5.32 Å². The van der Waals surface area contributed by atoms with Crippen molar-refractivity contribution in [3.63, 3.8) is 0 Å². The van der Waals surface area contributed by atoms with E-state index in [1.165, 1.54) is 4.31 Å². The minimum Gasteiger partial charge on any atom is -0.480 e. The molecule has 0 aromatic heterocycles. The summed E-state index contributed by atoms with van der Waals surface area (Å²) in [5, 5.41) is 12.0. The Bertz CT molecular complexity index is 815. The normalized spacial score (nSPS) is 16.9. The summed E-state index contributed by atoms with van der Waals surface area (Å²) < 4.78 is 40.7. The van der Waals surface area contributed by atoms with Gasteiger partial charge in [0.15, 0.2) is 0 Å². The highest BCUT2D eigenvalue weighted by Gasteiger charge is 2.41. The van der Waals surface area contributed by atoms with E-state index in [2.05, 4.69) is 5.32 Å². The molecule has 0 saturated heterocycles. The molecule has 1 aliphatic rings. The van der Waals surface area contributed by atoms with Crippen LogP contribution in [0.3, 0.4) is 0 Å². The van der Waals surface area contributed by atoms with Crippen LogP contribution in [-0.2, 0) is 14.8 Å². The number of carbonyl (C=O) groups is 2. The summed E-state index contributed by atoms with van der Waals surface area (Å²) in [6.07, 6.45) is 2.67.